The first kappa shape index (κ1) is 19.7. The summed E-state index contributed by atoms with van der Waals surface area (Å²) in [4.78, 5) is 28.7. The Kier molecular flexibility index (Phi) is 6.49. The fraction of sp³-hybridized carbons (Fsp3) is 0.250. The molecule has 3 rings (SSSR count). The van der Waals surface area contributed by atoms with E-state index in [-0.39, 0.29) is 18.0 Å². The number of rotatable bonds is 8. The number of hydrogen-bond donors (Lipinski definition) is 1. The van der Waals surface area contributed by atoms with E-state index in [2.05, 4.69) is 10.3 Å². The minimum absolute atomic E-state index is 0.128. The number of carbonyl (C=O) groups excluding carboxylic acids is 1. The monoisotopic (exact) mass is 401 g/mol. The van der Waals surface area contributed by atoms with Crippen molar-refractivity contribution in [3.63, 3.8) is 0 Å². The predicted molar refractivity (Wildman–Crippen MR) is 107 cm³/mol. The first-order valence-electron chi connectivity index (χ1n) is 8.84. The van der Waals surface area contributed by atoms with Gasteiger partial charge in [0.15, 0.2) is 0 Å². The topological polar surface area (TPSA) is 82.4 Å². The van der Waals surface area contributed by atoms with Crippen LogP contribution in [0.15, 0.2) is 53.6 Å². The summed E-state index contributed by atoms with van der Waals surface area (Å²) in [6.07, 6.45) is 1.36. The van der Waals surface area contributed by atoms with Crippen LogP contribution >= 0.6 is 11.6 Å². The molecule has 0 unspecified atom stereocenters. The predicted octanol–water partition coefficient (Wildman–Crippen LogP) is 2.64. The van der Waals surface area contributed by atoms with E-state index in [1.165, 1.54) is 10.9 Å². The van der Waals surface area contributed by atoms with Crippen molar-refractivity contribution < 1.29 is 14.3 Å². The van der Waals surface area contributed by atoms with Gasteiger partial charge in [0.25, 0.3) is 5.56 Å². The van der Waals surface area contributed by atoms with Crippen LogP contribution in [0.4, 0.5) is 0 Å². The van der Waals surface area contributed by atoms with Crippen LogP contribution in [0.1, 0.15) is 6.92 Å². The number of hydrogen-bond acceptors (Lipinski definition) is 5. The maximum absolute atomic E-state index is 12.5. The molecular formula is C20H20ClN3O4. The zero-order valence-corrected chi connectivity index (χ0v) is 16.1. The van der Waals surface area contributed by atoms with Crippen LogP contribution in [-0.2, 0) is 11.3 Å². The first-order chi connectivity index (χ1) is 13.6. The van der Waals surface area contributed by atoms with Gasteiger partial charge in [-0.3, -0.25) is 14.2 Å². The van der Waals surface area contributed by atoms with Crippen molar-refractivity contribution in [2.24, 2.45) is 0 Å². The highest BCUT2D eigenvalue weighted by atomic mass is 35.5. The number of halogens is 1. The van der Waals surface area contributed by atoms with E-state index in [9.17, 15) is 9.59 Å². The maximum atomic E-state index is 12.5. The normalized spacial score (nSPS) is 10.6. The molecule has 1 N–H and O–H groups in total. The molecule has 0 aliphatic heterocycles. The van der Waals surface area contributed by atoms with E-state index < -0.39 is 0 Å². The number of nitrogens with one attached hydrogen (secondary N) is 1. The third-order valence-electron chi connectivity index (χ3n) is 3.93. The van der Waals surface area contributed by atoms with Gasteiger partial charge in [0.05, 0.1) is 30.4 Å². The third-order valence-corrected chi connectivity index (χ3v) is 4.16. The van der Waals surface area contributed by atoms with Crippen molar-refractivity contribution in [2.75, 3.05) is 19.8 Å². The van der Waals surface area contributed by atoms with Crippen molar-refractivity contribution >= 4 is 28.4 Å². The number of ether oxygens (including phenoxy) is 2. The van der Waals surface area contributed by atoms with Gasteiger partial charge < -0.3 is 14.8 Å². The van der Waals surface area contributed by atoms with Crippen molar-refractivity contribution in [3.8, 4) is 11.5 Å². The van der Waals surface area contributed by atoms with Crippen LogP contribution in [0.2, 0.25) is 5.02 Å². The Balaban J connectivity index is 1.50. The molecule has 0 atom stereocenters. The van der Waals surface area contributed by atoms with Gasteiger partial charge in [-0.2, -0.15) is 0 Å². The molecular weight excluding hydrogens is 382 g/mol. The van der Waals surface area contributed by atoms with E-state index in [0.717, 1.165) is 5.75 Å². The van der Waals surface area contributed by atoms with E-state index in [0.29, 0.717) is 41.4 Å². The zero-order chi connectivity index (χ0) is 19.9. The molecule has 0 spiro atoms. The Morgan fingerprint density at radius 1 is 1.14 bits per heavy atom. The quantitative estimate of drug-likeness (QED) is 0.587. The summed E-state index contributed by atoms with van der Waals surface area (Å²) >= 11 is 5.93. The molecule has 7 nitrogen and oxygen atoms in total. The molecule has 0 aliphatic rings. The summed E-state index contributed by atoms with van der Waals surface area (Å²) in [7, 11) is 0. The van der Waals surface area contributed by atoms with Gasteiger partial charge in [0.2, 0.25) is 5.91 Å². The van der Waals surface area contributed by atoms with Crippen molar-refractivity contribution in [1.82, 2.24) is 14.9 Å². The van der Waals surface area contributed by atoms with Crippen LogP contribution in [0.5, 0.6) is 11.5 Å². The molecule has 0 fully saturated rings. The first-order valence-corrected chi connectivity index (χ1v) is 9.21. The lowest BCUT2D eigenvalue weighted by atomic mass is 10.2. The molecule has 146 valence electrons. The Hall–Kier alpha value is -3.06. The van der Waals surface area contributed by atoms with Gasteiger partial charge in [-0.1, -0.05) is 11.6 Å². The van der Waals surface area contributed by atoms with E-state index in [4.69, 9.17) is 21.1 Å². The Morgan fingerprint density at radius 3 is 2.57 bits per heavy atom. The maximum Gasteiger partial charge on any atom is 0.261 e. The second kappa shape index (κ2) is 9.23. The fourth-order valence-corrected chi connectivity index (χ4v) is 2.78. The lowest BCUT2D eigenvalue weighted by Gasteiger charge is -2.10. The van der Waals surface area contributed by atoms with Crippen LogP contribution in [-0.4, -0.2) is 35.2 Å². The minimum Gasteiger partial charge on any atom is -0.494 e. The number of benzene rings is 2. The molecule has 0 aliphatic carbocycles. The van der Waals surface area contributed by atoms with Crippen molar-refractivity contribution in [3.05, 3.63) is 64.2 Å². The van der Waals surface area contributed by atoms with Gasteiger partial charge in [0.1, 0.15) is 24.7 Å². The smallest absolute Gasteiger partial charge is 0.261 e. The SMILES string of the molecule is CCOc1ccc(OCCNC(=O)Cn2cnc3ccc(Cl)cc3c2=O)cc1. The lowest BCUT2D eigenvalue weighted by Crippen LogP contribution is -2.34. The highest BCUT2D eigenvalue weighted by Crippen LogP contribution is 2.17. The van der Waals surface area contributed by atoms with Gasteiger partial charge in [-0.15, -0.1) is 0 Å². The number of amides is 1. The molecule has 0 saturated heterocycles. The molecule has 0 radical (unpaired) electrons. The summed E-state index contributed by atoms with van der Waals surface area (Å²) in [5.74, 6) is 1.16. The van der Waals surface area contributed by atoms with Crippen LogP contribution in [0.3, 0.4) is 0 Å². The van der Waals surface area contributed by atoms with Crippen LogP contribution in [0, 0.1) is 0 Å². The minimum atomic E-state index is -0.312. The summed E-state index contributed by atoms with van der Waals surface area (Å²) in [5, 5.41) is 3.54. The van der Waals surface area contributed by atoms with E-state index in [1.54, 1.807) is 30.3 Å². The molecule has 0 bridgehead atoms. The second-order valence-electron chi connectivity index (χ2n) is 5.94. The molecule has 3 aromatic rings. The Morgan fingerprint density at radius 2 is 1.86 bits per heavy atom. The summed E-state index contributed by atoms with van der Waals surface area (Å²) in [6, 6.07) is 12.1. The highest BCUT2D eigenvalue weighted by Gasteiger charge is 2.08. The van der Waals surface area contributed by atoms with Gasteiger partial charge in [0, 0.05) is 5.02 Å². The zero-order valence-electron chi connectivity index (χ0n) is 15.4. The van der Waals surface area contributed by atoms with Crippen molar-refractivity contribution in [2.45, 2.75) is 13.5 Å². The second-order valence-corrected chi connectivity index (χ2v) is 6.38. The molecule has 2 aromatic carbocycles. The van der Waals surface area contributed by atoms with Gasteiger partial charge in [-0.05, 0) is 49.4 Å². The Bertz CT molecular complexity index is 1020. The van der Waals surface area contributed by atoms with Crippen LogP contribution in [0.25, 0.3) is 10.9 Å². The summed E-state index contributed by atoms with van der Waals surface area (Å²) in [6.45, 7) is 3.02. The van der Waals surface area contributed by atoms with Gasteiger partial charge in [-0.25, -0.2) is 4.98 Å². The number of carbonyl (C=O) groups is 1. The molecule has 0 saturated carbocycles. The number of nitrogens with zero attached hydrogens (tertiary/aromatic N) is 2. The highest BCUT2D eigenvalue weighted by molar-refractivity contribution is 6.31. The lowest BCUT2D eigenvalue weighted by molar-refractivity contribution is -0.121. The average molecular weight is 402 g/mol. The fourth-order valence-electron chi connectivity index (χ4n) is 2.61. The molecule has 28 heavy (non-hydrogen) atoms. The molecule has 1 heterocycles. The number of fused-ring (bicyclic) bond motifs is 1. The average Bonchev–Trinajstić information content (AvgIpc) is 2.69. The summed E-state index contributed by atoms with van der Waals surface area (Å²) < 4.78 is 12.2. The molecule has 1 aromatic heterocycles. The largest absolute Gasteiger partial charge is 0.494 e. The van der Waals surface area contributed by atoms with E-state index in [1.807, 2.05) is 19.1 Å². The standard InChI is InChI=1S/C20H20ClN3O4/c1-2-27-15-4-6-16(7-5-15)28-10-9-22-19(25)12-24-13-23-18-8-3-14(21)11-17(18)20(24)26/h3-8,11,13H,2,9-10,12H2,1H3,(H,22,25). The third kappa shape index (κ3) is 5.01. The summed E-state index contributed by atoms with van der Waals surface area (Å²) in [5.41, 5.74) is 0.225. The Labute approximate surface area is 166 Å². The van der Waals surface area contributed by atoms with Crippen LogP contribution < -0.4 is 20.3 Å². The molecule has 8 heteroatoms. The van der Waals surface area contributed by atoms with Crippen molar-refractivity contribution in [1.29, 1.82) is 0 Å². The van der Waals surface area contributed by atoms with E-state index >= 15 is 0 Å². The number of aromatic nitrogens is 2. The van der Waals surface area contributed by atoms with Gasteiger partial charge >= 0.3 is 0 Å². The molecule has 1 amide bonds.